The Morgan fingerprint density at radius 3 is 2.65 bits per heavy atom. The van der Waals surface area contributed by atoms with Crippen molar-refractivity contribution in [2.45, 2.75) is 0 Å². The minimum absolute atomic E-state index is 0.121. The minimum Gasteiger partial charge on any atom is -0.497 e. The monoisotopic (exact) mass is 415 g/mol. The summed E-state index contributed by atoms with van der Waals surface area (Å²) in [6.07, 6.45) is 0. The SMILES string of the molecule is COc1cccc(-n2nc(C(=O)Nc3ccc4c(c3)OCO4)c3ccccc3c2=O)c1. The molecular weight excluding hydrogens is 398 g/mol. The van der Waals surface area contributed by atoms with Gasteiger partial charge < -0.3 is 19.5 Å². The molecule has 1 aliphatic rings. The molecule has 1 aliphatic heterocycles. The summed E-state index contributed by atoms with van der Waals surface area (Å²) in [5.41, 5.74) is 0.811. The normalized spacial score (nSPS) is 12.0. The number of nitrogens with one attached hydrogen (secondary N) is 1. The van der Waals surface area contributed by atoms with Crippen LogP contribution in [0.2, 0.25) is 0 Å². The van der Waals surface area contributed by atoms with Crippen molar-refractivity contribution >= 4 is 22.4 Å². The van der Waals surface area contributed by atoms with Gasteiger partial charge in [-0.1, -0.05) is 24.3 Å². The number of carbonyl (C=O) groups is 1. The molecule has 0 radical (unpaired) electrons. The van der Waals surface area contributed by atoms with E-state index in [9.17, 15) is 9.59 Å². The summed E-state index contributed by atoms with van der Waals surface area (Å²) >= 11 is 0. The minimum atomic E-state index is -0.452. The van der Waals surface area contributed by atoms with Crippen LogP contribution in [0.4, 0.5) is 5.69 Å². The quantitative estimate of drug-likeness (QED) is 0.550. The van der Waals surface area contributed by atoms with Gasteiger partial charge in [-0.15, -0.1) is 0 Å². The van der Waals surface area contributed by atoms with Crippen LogP contribution in [-0.4, -0.2) is 29.6 Å². The van der Waals surface area contributed by atoms with Crippen LogP contribution in [0.5, 0.6) is 17.2 Å². The highest BCUT2D eigenvalue weighted by Crippen LogP contribution is 2.34. The molecular formula is C23H17N3O5. The Kier molecular flexibility index (Phi) is 4.51. The lowest BCUT2D eigenvalue weighted by molar-refractivity contribution is 0.102. The number of rotatable bonds is 4. The van der Waals surface area contributed by atoms with Gasteiger partial charge in [-0.25, -0.2) is 0 Å². The second-order valence-corrected chi connectivity index (χ2v) is 6.83. The van der Waals surface area contributed by atoms with Crippen molar-refractivity contribution in [2.75, 3.05) is 19.2 Å². The Balaban J connectivity index is 1.61. The molecule has 154 valence electrons. The van der Waals surface area contributed by atoms with Crippen LogP contribution in [0.25, 0.3) is 16.5 Å². The number of ether oxygens (including phenoxy) is 3. The lowest BCUT2D eigenvalue weighted by Gasteiger charge is -2.12. The third-order valence-electron chi connectivity index (χ3n) is 4.95. The molecule has 0 fully saturated rings. The van der Waals surface area contributed by atoms with E-state index >= 15 is 0 Å². The van der Waals surface area contributed by atoms with E-state index in [1.807, 2.05) is 0 Å². The van der Waals surface area contributed by atoms with Crippen LogP contribution in [0.3, 0.4) is 0 Å². The van der Waals surface area contributed by atoms with Crippen molar-refractivity contribution in [1.82, 2.24) is 9.78 Å². The molecule has 2 heterocycles. The van der Waals surface area contributed by atoms with Crippen LogP contribution in [0.15, 0.2) is 71.5 Å². The molecule has 0 saturated carbocycles. The maximum atomic E-state index is 13.2. The van der Waals surface area contributed by atoms with Crippen molar-refractivity contribution in [1.29, 1.82) is 0 Å². The lowest BCUT2D eigenvalue weighted by atomic mass is 10.1. The zero-order valence-corrected chi connectivity index (χ0v) is 16.5. The van der Waals surface area contributed by atoms with Gasteiger partial charge in [0.15, 0.2) is 17.2 Å². The molecule has 5 rings (SSSR count). The molecule has 0 unspecified atom stereocenters. The highest BCUT2D eigenvalue weighted by molar-refractivity contribution is 6.11. The van der Waals surface area contributed by atoms with Crippen LogP contribution in [0, 0.1) is 0 Å². The summed E-state index contributed by atoms with van der Waals surface area (Å²) in [4.78, 5) is 26.2. The molecule has 31 heavy (non-hydrogen) atoms. The number of methoxy groups -OCH3 is 1. The highest BCUT2D eigenvalue weighted by atomic mass is 16.7. The van der Waals surface area contributed by atoms with E-state index in [1.54, 1.807) is 73.8 Å². The molecule has 8 heteroatoms. The van der Waals surface area contributed by atoms with E-state index in [4.69, 9.17) is 14.2 Å². The second-order valence-electron chi connectivity index (χ2n) is 6.83. The first-order valence-corrected chi connectivity index (χ1v) is 9.51. The smallest absolute Gasteiger partial charge is 0.279 e. The van der Waals surface area contributed by atoms with Crippen molar-refractivity contribution in [3.05, 3.63) is 82.8 Å². The van der Waals surface area contributed by atoms with E-state index in [0.717, 1.165) is 0 Å². The Bertz CT molecular complexity index is 1380. The highest BCUT2D eigenvalue weighted by Gasteiger charge is 2.19. The molecule has 4 aromatic rings. The van der Waals surface area contributed by atoms with Gasteiger partial charge in [0.1, 0.15) is 5.75 Å². The number of aromatic nitrogens is 2. The van der Waals surface area contributed by atoms with Crippen LogP contribution < -0.4 is 25.1 Å². The number of fused-ring (bicyclic) bond motifs is 2. The predicted octanol–water partition coefficient (Wildman–Crippen LogP) is 3.38. The largest absolute Gasteiger partial charge is 0.497 e. The third kappa shape index (κ3) is 3.33. The maximum Gasteiger partial charge on any atom is 0.279 e. The third-order valence-corrected chi connectivity index (χ3v) is 4.95. The van der Waals surface area contributed by atoms with Crippen LogP contribution in [-0.2, 0) is 0 Å². The van der Waals surface area contributed by atoms with Gasteiger partial charge in [-0.3, -0.25) is 9.59 Å². The zero-order chi connectivity index (χ0) is 21.4. The topological polar surface area (TPSA) is 91.7 Å². The second kappa shape index (κ2) is 7.49. The van der Waals surface area contributed by atoms with Crippen molar-refractivity contribution in [3.8, 4) is 22.9 Å². The number of benzene rings is 3. The first kappa shape index (κ1) is 18.7. The average Bonchev–Trinajstić information content (AvgIpc) is 3.27. The van der Waals surface area contributed by atoms with Crippen molar-refractivity contribution < 1.29 is 19.0 Å². The number of nitrogens with zero attached hydrogens (tertiary/aromatic N) is 2. The molecule has 1 N–H and O–H groups in total. The number of anilines is 1. The summed E-state index contributed by atoms with van der Waals surface area (Å²) in [5, 5.41) is 8.07. The van der Waals surface area contributed by atoms with E-state index in [1.165, 1.54) is 4.68 Å². The summed E-state index contributed by atoms with van der Waals surface area (Å²) in [7, 11) is 1.54. The number of hydrogen-bond acceptors (Lipinski definition) is 6. The Morgan fingerprint density at radius 2 is 1.81 bits per heavy atom. The first-order valence-electron chi connectivity index (χ1n) is 9.51. The Hall–Kier alpha value is -4.33. The molecule has 1 aromatic heterocycles. The summed E-state index contributed by atoms with van der Waals surface area (Å²) in [6.45, 7) is 0.143. The van der Waals surface area contributed by atoms with Gasteiger partial charge in [0.2, 0.25) is 6.79 Å². The lowest BCUT2D eigenvalue weighted by Crippen LogP contribution is -2.26. The Labute approximate surface area is 176 Å². The fourth-order valence-corrected chi connectivity index (χ4v) is 3.44. The van der Waals surface area contributed by atoms with E-state index in [-0.39, 0.29) is 18.0 Å². The fourth-order valence-electron chi connectivity index (χ4n) is 3.44. The average molecular weight is 415 g/mol. The van der Waals surface area contributed by atoms with Gasteiger partial charge in [0.25, 0.3) is 11.5 Å². The first-order chi connectivity index (χ1) is 15.1. The maximum absolute atomic E-state index is 13.2. The number of carbonyl (C=O) groups excluding carboxylic acids is 1. The summed E-state index contributed by atoms with van der Waals surface area (Å²) in [6, 6.07) is 18.9. The molecule has 0 aliphatic carbocycles. The molecule has 0 bridgehead atoms. The van der Waals surface area contributed by atoms with E-state index < -0.39 is 5.91 Å². The predicted molar refractivity (Wildman–Crippen MR) is 114 cm³/mol. The molecule has 8 nitrogen and oxygen atoms in total. The summed E-state index contributed by atoms with van der Waals surface area (Å²) in [5.74, 6) is 1.29. The summed E-state index contributed by atoms with van der Waals surface area (Å²) < 4.78 is 17.1. The van der Waals surface area contributed by atoms with Crippen LogP contribution >= 0.6 is 0 Å². The molecule has 1 amide bonds. The number of hydrogen-bond donors (Lipinski definition) is 1. The van der Waals surface area contributed by atoms with Gasteiger partial charge in [-0.2, -0.15) is 9.78 Å². The fraction of sp³-hybridized carbons (Fsp3) is 0.0870. The molecule has 3 aromatic carbocycles. The zero-order valence-electron chi connectivity index (χ0n) is 16.5. The van der Waals surface area contributed by atoms with Crippen LogP contribution in [0.1, 0.15) is 10.5 Å². The van der Waals surface area contributed by atoms with Crippen molar-refractivity contribution in [3.63, 3.8) is 0 Å². The number of amides is 1. The van der Waals surface area contributed by atoms with Crippen molar-refractivity contribution in [2.24, 2.45) is 0 Å². The van der Waals surface area contributed by atoms with E-state index in [2.05, 4.69) is 10.4 Å². The Morgan fingerprint density at radius 1 is 1.00 bits per heavy atom. The van der Waals surface area contributed by atoms with Gasteiger partial charge >= 0.3 is 0 Å². The molecule has 0 spiro atoms. The molecule has 0 saturated heterocycles. The van der Waals surface area contributed by atoms with E-state index in [0.29, 0.717) is 39.4 Å². The van der Waals surface area contributed by atoms with Gasteiger partial charge in [0.05, 0.1) is 18.2 Å². The standard InChI is InChI=1S/C23H17N3O5/c1-29-16-6-4-5-15(12-16)26-23(28)18-8-3-2-7-17(18)21(25-26)22(27)24-14-9-10-19-20(11-14)31-13-30-19/h2-12H,13H2,1H3,(H,24,27). The molecule has 0 atom stereocenters. The van der Waals surface area contributed by atoms with Gasteiger partial charge in [-0.05, 0) is 30.3 Å². The van der Waals surface area contributed by atoms with Gasteiger partial charge in [0, 0.05) is 23.2 Å².